The summed E-state index contributed by atoms with van der Waals surface area (Å²) in [5.41, 5.74) is 15.9. The van der Waals surface area contributed by atoms with Crippen molar-refractivity contribution in [2.45, 2.75) is 0 Å². The number of halogens is 2. The summed E-state index contributed by atoms with van der Waals surface area (Å²) < 4.78 is 10.8. The zero-order valence-electron chi connectivity index (χ0n) is 32.7. The van der Waals surface area contributed by atoms with Crippen LogP contribution in [-0.2, 0) is 9.59 Å². The molecule has 0 aliphatic carbocycles. The molecule has 2 aliphatic rings. The third-order valence-corrected chi connectivity index (χ3v) is 10.5. The fourth-order valence-electron chi connectivity index (χ4n) is 6.99. The van der Waals surface area contributed by atoms with E-state index in [2.05, 4.69) is 28.2 Å². The molecule has 0 spiro atoms. The molecule has 296 valence electrons. The van der Waals surface area contributed by atoms with E-state index < -0.39 is 5.91 Å². The first-order valence-electron chi connectivity index (χ1n) is 18.5. The maximum atomic E-state index is 12.6. The molecular weight excluding hydrogens is 785 g/mol. The number of nitrogens with zero attached hydrogens (tertiary/aromatic N) is 4. The van der Waals surface area contributed by atoms with Crippen molar-refractivity contribution in [3.63, 3.8) is 0 Å². The topological polar surface area (TPSA) is 127 Å². The van der Waals surface area contributed by atoms with Gasteiger partial charge in [0, 0.05) is 52.0 Å². The summed E-state index contributed by atoms with van der Waals surface area (Å²) in [5.74, 6) is 0.559. The number of methoxy groups -OCH3 is 2. The lowest BCUT2D eigenvalue weighted by molar-refractivity contribution is -0.117. The Morgan fingerprint density at radius 3 is 1.63 bits per heavy atom. The van der Waals surface area contributed by atoms with Gasteiger partial charge in [0.1, 0.15) is 13.1 Å². The molecular formula is C47H39Cl2N5O5. The average Bonchev–Trinajstić information content (AvgIpc) is 3.46. The first-order chi connectivity index (χ1) is 28.4. The number of hydrogen-bond donors (Lipinski definition) is 1. The van der Waals surface area contributed by atoms with Crippen molar-refractivity contribution < 1.29 is 23.9 Å². The second-order valence-corrected chi connectivity index (χ2v) is 14.6. The fourth-order valence-corrected chi connectivity index (χ4v) is 7.52. The summed E-state index contributed by atoms with van der Waals surface area (Å²) >= 11 is 12.4. The number of aliphatic imine (C=N–C) groups is 2. The van der Waals surface area contributed by atoms with Crippen LogP contribution in [0, 0.1) is 0 Å². The van der Waals surface area contributed by atoms with Crippen molar-refractivity contribution in [1.82, 2.24) is 0 Å². The zero-order chi connectivity index (χ0) is 41.8. The molecule has 0 saturated heterocycles. The molecule has 0 saturated carbocycles. The number of nitrogens with two attached hydrogens (primary N) is 1. The van der Waals surface area contributed by atoms with E-state index in [1.165, 1.54) is 0 Å². The number of benzene rings is 6. The minimum Gasteiger partial charge on any atom is -0.493 e. The summed E-state index contributed by atoms with van der Waals surface area (Å²) in [6, 6.07) is 40.0. The van der Waals surface area contributed by atoms with Crippen molar-refractivity contribution in [2.75, 3.05) is 51.2 Å². The summed E-state index contributed by atoms with van der Waals surface area (Å²) in [4.78, 5) is 49.1. The van der Waals surface area contributed by atoms with Gasteiger partial charge < -0.3 is 25.0 Å². The van der Waals surface area contributed by atoms with Gasteiger partial charge in [-0.25, -0.2) is 0 Å². The Morgan fingerprint density at radius 2 is 1.07 bits per heavy atom. The third-order valence-electron chi connectivity index (χ3n) is 10.1. The van der Waals surface area contributed by atoms with Crippen LogP contribution >= 0.6 is 23.2 Å². The minimum atomic E-state index is -0.520. The molecule has 0 aromatic heterocycles. The minimum absolute atomic E-state index is 0.00695. The van der Waals surface area contributed by atoms with Gasteiger partial charge in [-0.3, -0.25) is 24.4 Å². The highest BCUT2D eigenvalue weighted by Crippen LogP contribution is 2.36. The lowest BCUT2D eigenvalue weighted by atomic mass is 9.94. The Hall–Kier alpha value is -6.75. The van der Waals surface area contributed by atoms with Gasteiger partial charge in [0.25, 0.3) is 0 Å². The molecule has 59 heavy (non-hydrogen) atoms. The quantitative estimate of drug-likeness (QED) is 0.172. The van der Waals surface area contributed by atoms with E-state index >= 15 is 0 Å². The van der Waals surface area contributed by atoms with Crippen LogP contribution < -0.4 is 25.0 Å². The molecule has 6 aromatic carbocycles. The van der Waals surface area contributed by atoms with Crippen LogP contribution in [0.15, 0.2) is 137 Å². The number of anilines is 2. The molecule has 0 bridgehead atoms. The number of hydrogen-bond acceptors (Lipinski definition) is 7. The molecule has 8 rings (SSSR count). The predicted molar refractivity (Wildman–Crippen MR) is 236 cm³/mol. The first-order valence-corrected chi connectivity index (χ1v) is 19.3. The molecule has 6 aromatic rings. The number of primary amides is 1. The second-order valence-electron chi connectivity index (χ2n) is 13.7. The summed E-state index contributed by atoms with van der Waals surface area (Å²) in [6.45, 7) is 0.0817. The van der Waals surface area contributed by atoms with Crippen molar-refractivity contribution >= 4 is 63.7 Å². The van der Waals surface area contributed by atoms with Gasteiger partial charge in [-0.15, -0.1) is 0 Å². The number of benzodiazepines with no additional fused rings is 2. The van der Waals surface area contributed by atoms with Crippen molar-refractivity contribution in [3.05, 3.63) is 165 Å². The number of rotatable bonds is 7. The van der Waals surface area contributed by atoms with Gasteiger partial charge in [0.15, 0.2) is 11.5 Å². The van der Waals surface area contributed by atoms with Crippen LogP contribution in [0.4, 0.5) is 11.4 Å². The van der Waals surface area contributed by atoms with Gasteiger partial charge in [-0.2, -0.15) is 0 Å². The largest absolute Gasteiger partial charge is 0.493 e. The standard InChI is InChI=1S/C25H23N3O4.C22H16Cl2N2O/c1-28-20-9-7-15(16-8-10-21(31-2)22(13-16)32-3)12-19(20)24(27-14-23(28)29)17-5-4-6-18(11-17)25(26)30;1-26-20-8-7-15(14-5-3-2-4-6-14)11-19(20)22(25-13-21(26)27)16-9-17(23)12-18(24)10-16/h4-13H,14H2,1-3H3,(H2,26,30);2-12H,13H2,1H3. The number of carbonyl (C=O) groups excluding carboxylic acids is 3. The Morgan fingerprint density at radius 1 is 0.559 bits per heavy atom. The van der Waals surface area contributed by atoms with Crippen molar-refractivity contribution in [1.29, 1.82) is 0 Å². The Bertz CT molecular complexity index is 2660. The smallest absolute Gasteiger partial charge is 0.248 e. The third kappa shape index (κ3) is 8.60. The van der Waals surface area contributed by atoms with Crippen LogP contribution in [0.2, 0.25) is 10.0 Å². The number of carbonyl (C=O) groups is 3. The maximum absolute atomic E-state index is 12.6. The van der Waals surface area contributed by atoms with Gasteiger partial charge in [0.05, 0.1) is 37.0 Å². The number of ether oxygens (including phenoxy) is 2. The van der Waals surface area contributed by atoms with Crippen molar-refractivity contribution in [2.24, 2.45) is 15.7 Å². The van der Waals surface area contributed by atoms with Crippen LogP contribution in [0.5, 0.6) is 11.5 Å². The SMILES string of the molecule is CN1C(=O)CN=C(c2cc(Cl)cc(Cl)c2)c2cc(-c3ccccc3)ccc21.COc1ccc(-c2ccc3c(c2)C(c2cccc(C(N)=O)c2)=NCC(=O)N3C)cc1OC. The fraction of sp³-hybridized carbons (Fsp3) is 0.128. The Balaban J connectivity index is 0.000000181. The van der Waals surface area contributed by atoms with Crippen LogP contribution in [0.1, 0.15) is 32.6 Å². The lowest BCUT2D eigenvalue weighted by Gasteiger charge is -2.19. The molecule has 0 radical (unpaired) electrons. The second kappa shape index (κ2) is 17.4. The highest BCUT2D eigenvalue weighted by atomic mass is 35.5. The Kier molecular flexibility index (Phi) is 11.9. The molecule has 3 amide bonds. The summed E-state index contributed by atoms with van der Waals surface area (Å²) in [5, 5.41) is 1.06. The van der Waals surface area contributed by atoms with Gasteiger partial charge in [-0.05, 0) is 89.0 Å². The van der Waals surface area contributed by atoms with E-state index in [0.717, 1.165) is 55.9 Å². The van der Waals surface area contributed by atoms with Gasteiger partial charge in [-0.1, -0.05) is 83.9 Å². The first kappa shape index (κ1) is 40.4. The van der Waals surface area contributed by atoms with E-state index in [4.69, 9.17) is 38.4 Å². The normalized spacial score (nSPS) is 13.5. The average molecular weight is 825 g/mol. The molecule has 0 atom stereocenters. The molecule has 10 nitrogen and oxygen atoms in total. The van der Waals surface area contributed by atoms with Gasteiger partial charge >= 0.3 is 0 Å². The molecule has 2 heterocycles. The number of likely N-dealkylation sites (N-methyl/N-ethyl adjacent to an activating group) is 2. The number of amides is 3. The highest BCUT2D eigenvalue weighted by molar-refractivity contribution is 6.36. The van der Waals surface area contributed by atoms with E-state index in [-0.39, 0.29) is 24.9 Å². The highest BCUT2D eigenvalue weighted by Gasteiger charge is 2.25. The molecule has 2 N–H and O–H groups in total. The lowest BCUT2D eigenvalue weighted by Crippen LogP contribution is -2.27. The zero-order valence-corrected chi connectivity index (χ0v) is 34.2. The van der Waals surface area contributed by atoms with Gasteiger partial charge in [0.2, 0.25) is 17.7 Å². The summed E-state index contributed by atoms with van der Waals surface area (Å²) in [7, 11) is 6.69. The van der Waals surface area contributed by atoms with E-state index in [9.17, 15) is 14.4 Å². The van der Waals surface area contributed by atoms with Crippen LogP contribution in [0.3, 0.4) is 0 Å². The Labute approximate surface area is 352 Å². The van der Waals surface area contributed by atoms with Crippen LogP contribution in [0.25, 0.3) is 22.3 Å². The maximum Gasteiger partial charge on any atom is 0.248 e. The number of fused-ring (bicyclic) bond motifs is 2. The van der Waals surface area contributed by atoms with E-state index in [1.807, 2.05) is 84.9 Å². The predicted octanol–water partition coefficient (Wildman–Crippen LogP) is 8.76. The van der Waals surface area contributed by atoms with Crippen molar-refractivity contribution in [3.8, 4) is 33.8 Å². The molecule has 12 heteroatoms. The molecule has 0 fully saturated rings. The van der Waals surface area contributed by atoms with Crippen LogP contribution in [-0.4, -0.2) is 70.5 Å². The summed E-state index contributed by atoms with van der Waals surface area (Å²) in [6.07, 6.45) is 0. The van der Waals surface area contributed by atoms with E-state index in [1.54, 1.807) is 62.4 Å². The monoisotopic (exact) mass is 823 g/mol. The molecule has 2 aliphatic heterocycles. The molecule has 0 unspecified atom stereocenters. The van der Waals surface area contributed by atoms with E-state index in [0.29, 0.717) is 38.5 Å².